The first kappa shape index (κ1) is 15.3. The molecule has 1 aromatic rings. The van der Waals surface area contributed by atoms with Crippen LogP contribution in [-0.4, -0.2) is 31.3 Å². The van der Waals surface area contributed by atoms with E-state index >= 15 is 0 Å². The molecule has 1 saturated heterocycles. The van der Waals surface area contributed by atoms with E-state index in [1.165, 1.54) is 6.07 Å². The number of aliphatic hydroxyl groups excluding tert-OH is 1. The van der Waals surface area contributed by atoms with Gasteiger partial charge in [-0.3, -0.25) is 0 Å². The summed E-state index contributed by atoms with van der Waals surface area (Å²) >= 11 is 0. The summed E-state index contributed by atoms with van der Waals surface area (Å²) in [6.45, 7) is 6.92. The van der Waals surface area contributed by atoms with Gasteiger partial charge >= 0.3 is 0 Å². The lowest BCUT2D eigenvalue weighted by Gasteiger charge is -2.26. The molecule has 2 atom stereocenters. The third-order valence-corrected chi connectivity index (χ3v) is 4.05. The Bertz CT molecular complexity index is 438. The fourth-order valence-electron chi connectivity index (χ4n) is 2.89. The van der Waals surface area contributed by atoms with Crippen LogP contribution in [0.4, 0.5) is 10.1 Å². The van der Waals surface area contributed by atoms with E-state index in [1.54, 1.807) is 6.07 Å². The van der Waals surface area contributed by atoms with E-state index in [0.29, 0.717) is 5.92 Å². The number of hydrogen-bond donors (Lipinski definition) is 2. The van der Waals surface area contributed by atoms with Gasteiger partial charge in [-0.15, -0.1) is 0 Å². The third-order valence-electron chi connectivity index (χ3n) is 4.05. The summed E-state index contributed by atoms with van der Waals surface area (Å²) in [4.78, 5) is 2.20. The summed E-state index contributed by atoms with van der Waals surface area (Å²) in [7, 11) is 0. The first-order chi connectivity index (χ1) is 9.67. The fourth-order valence-corrected chi connectivity index (χ4v) is 2.89. The molecule has 112 valence electrons. The summed E-state index contributed by atoms with van der Waals surface area (Å²) in [6, 6.07) is 5.29. The summed E-state index contributed by atoms with van der Waals surface area (Å²) in [5.74, 6) is 0.163. The van der Waals surface area contributed by atoms with Crippen LogP contribution in [0.1, 0.15) is 38.3 Å². The second-order valence-corrected chi connectivity index (χ2v) is 5.63. The van der Waals surface area contributed by atoms with E-state index in [0.717, 1.165) is 43.7 Å². The summed E-state index contributed by atoms with van der Waals surface area (Å²) in [5, 5.41) is 12.6. The van der Waals surface area contributed by atoms with Crippen LogP contribution in [0.5, 0.6) is 0 Å². The van der Waals surface area contributed by atoms with Crippen molar-refractivity contribution in [1.82, 2.24) is 5.32 Å². The van der Waals surface area contributed by atoms with Crippen molar-refractivity contribution in [2.75, 3.05) is 31.1 Å². The maximum atomic E-state index is 14.2. The second kappa shape index (κ2) is 7.04. The smallest absolute Gasteiger partial charge is 0.130 e. The quantitative estimate of drug-likeness (QED) is 0.841. The zero-order valence-corrected chi connectivity index (χ0v) is 12.4. The minimum absolute atomic E-state index is 0.000624. The van der Waals surface area contributed by atoms with Crippen molar-refractivity contribution in [2.45, 2.75) is 32.7 Å². The molecule has 0 spiro atoms. The Balaban J connectivity index is 2.22. The molecule has 0 radical (unpaired) electrons. The average molecular weight is 280 g/mol. The Morgan fingerprint density at radius 3 is 2.95 bits per heavy atom. The van der Waals surface area contributed by atoms with Gasteiger partial charge in [-0.25, -0.2) is 4.39 Å². The molecular weight excluding hydrogens is 255 g/mol. The molecule has 1 aliphatic rings. The van der Waals surface area contributed by atoms with E-state index in [-0.39, 0.29) is 18.5 Å². The number of nitrogens with zero attached hydrogens (tertiary/aromatic N) is 1. The van der Waals surface area contributed by atoms with Crippen LogP contribution < -0.4 is 10.2 Å². The molecular formula is C16H25FN2O. The van der Waals surface area contributed by atoms with Gasteiger partial charge in [0, 0.05) is 42.9 Å². The highest BCUT2D eigenvalue weighted by atomic mass is 19.1. The van der Waals surface area contributed by atoms with Gasteiger partial charge in [0.15, 0.2) is 0 Å². The lowest BCUT2D eigenvalue weighted by Crippen LogP contribution is -2.26. The molecule has 0 amide bonds. The molecule has 0 bridgehead atoms. The minimum Gasteiger partial charge on any atom is -0.396 e. The van der Waals surface area contributed by atoms with Crippen LogP contribution in [-0.2, 0) is 0 Å². The number of halogens is 1. The summed E-state index contributed by atoms with van der Waals surface area (Å²) in [5.41, 5.74) is 1.72. The monoisotopic (exact) mass is 280 g/mol. The van der Waals surface area contributed by atoms with Gasteiger partial charge in [0.1, 0.15) is 5.82 Å². The summed E-state index contributed by atoms with van der Waals surface area (Å²) < 4.78 is 14.2. The topological polar surface area (TPSA) is 35.5 Å². The van der Waals surface area contributed by atoms with E-state index in [9.17, 15) is 9.50 Å². The number of hydrogen-bond acceptors (Lipinski definition) is 3. The Morgan fingerprint density at radius 2 is 2.30 bits per heavy atom. The van der Waals surface area contributed by atoms with E-state index < -0.39 is 0 Å². The highest BCUT2D eigenvalue weighted by Gasteiger charge is 2.26. The highest BCUT2D eigenvalue weighted by Crippen LogP contribution is 2.32. The number of aliphatic hydroxyl groups is 1. The molecule has 3 nitrogen and oxygen atoms in total. The van der Waals surface area contributed by atoms with Gasteiger partial charge in [-0.1, -0.05) is 13.0 Å². The van der Waals surface area contributed by atoms with Crippen molar-refractivity contribution in [1.29, 1.82) is 0 Å². The van der Waals surface area contributed by atoms with E-state index in [2.05, 4.69) is 17.1 Å². The standard InChI is InChI=1S/C16H25FN2O/c1-3-8-18-12(2)16-14(17)5-4-6-15(16)19-9-7-13(10-19)11-20/h4-6,12-13,18,20H,3,7-11H2,1-2H3. The zero-order chi connectivity index (χ0) is 14.5. The van der Waals surface area contributed by atoms with Crippen LogP contribution in [0, 0.1) is 11.7 Å². The first-order valence-electron chi connectivity index (χ1n) is 7.55. The molecule has 1 fully saturated rings. The Labute approximate surface area is 120 Å². The lowest BCUT2D eigenvalue weighted by atomic mass is 10.0. The number of nitrogens with one attached hydrogen (secondary N) is 1. The van der Waals surface area contributed by atoms with Gasteiger partial charge in [0.05, 0.1) is 0 Å². The zero-order valence-electron chi connectivity index (χ0n) is 12.4. The average Bonchev–Trinajstić information content (AvgIpc) is 2.93. The Hall–Kier alpha value is -1.13. The highest BCUT2D eigenvalue weighted by molar-refractivity contribution is 5.56. The van der Waals surface area contributed by atoms with Crippen molar-refractivity contribution in [2.24, 2.45) is 5.92 Å². The van der Waals surface area contributed by atoms with Crippen LogP contribution in [0.15, 0.2) is 18.2 Å². The summed E-state index contributed by atoms with van der Waals surface area (Å²) in [6.07, 6.45) is 2.01. The normalized spacial score (nSPS) is 20.4. The van der Waals surface area contributed by atoms with Crippen molar-refractivity contribution >= 4 is 5.69 Å². The Kier molecular flexibility index (Phi) is 5.38. The number of benzene rings is 1. The molecule has 1 aliphatic heterocycles. The second-order valence-electron chi connectivity index (χ2n) is 5.63. The molecule has 4 heteroatoms. The molecule has 1 aromatic carbocycles. The first-order valence-corrected chi connectivity index (χ1v) is 7.55. The van der Waals surface area contributed by atoms with Crippen molar-refractivity contribution in [3.8, 4) is 0 Å². The van der Waals surface area contributed by atoms with E-state index in [1.807, 2.05) is 13.0 Å². The third kappa shape index (κ3) is 3.30. The largest absolute Gasteiger partial charge is 0.396 e. The fraction of sp³-hybridized carbons (Fsp3) is 0.625. The lowest BCUT2D eigenvalue weighted by molar-refractivity contribution is 0.238. The predicted molar refractivity (Wildman–Crippen MR) is 80.5 cm³/mol. The number of rotatable bonds is 6. The van der Waals surface area contributed by atoms with Gasteiger partial charge in [0.25, 0.3) is 0 Å². The minimum atomic E-state index is -0.147. The van der Waals surface area contributed by atoms with Crippen LogP contribution in [0.3, 0.4) is 0 Å². The van der Waals surface area contributed by atoms with Gasteiger partial charge < -0.3 is 15.3 Å². The SMILES string of the molecule is CCCNC(C)c1c(F)cccc1N1CCC(CO)C1. The van der Waals surface area contributed by atoms with Crippen LogP contribution in [0.25, 0.3) is 0 Å². The van der Waals surface area contributed by atoms with Gasteiger partial charge in [-0.05, 0) is 38.4 Å². The van der Waals surface area contributed by atoms with Crippen LogP contribution >= 0.6 is 0 Å². The molecule has 0 saturated carbocycles. The molecule has 0 aliphatic carbocycles. The Morgan fingerprint density at radius 1 is 1.50 bits per heavy atom. The van der Waals surface area contributed by atoms with Crippen molar-refractivity contribution < 1.29 is 9.50 Å². The van der Waals surface area contributed by atoms with Crippen molar-refractivity contribution in [3.05, 3.63) is 29.6 Å². The maximum absolute atomic E-state index is 14.2. The molecule has 1 heterocycles. The molecule has 20 heavy (non-hydrogen) atoms. The van der Waals surface area contributed by atoms with E-state index in [4.69, 9.17) is 0 Å². The van der Waals surface area contributed by atoms with Crippen molar-refractivity contribution in [3.63, 3.8) is 0 Å². The number of anilines is 1. The molecule has 0 aromatic heterocycles. The van der Waals surface area contributed by atoms with Gasteiger partial charge in [0.2, 0.25) is 0 Å². The molecule has 2 N–H and O–H groups in total. The van der Waals surface area contributed by atoms with Gasteiger partial charge in [-0.2, -0.15) is 0 Å². The van der Waals surface area contributed by atoms with Crippen LogP contribution in [0.2, 0.25) is 0 Å². The molecule has 2 rings (SSSR count). The maximum Gasteiger partial charge on any atom is 0.130 e. The predicted octanol–water partition coefficient (Wildman–Crippen LogP) is 2.70. The molecule has 2 unspecified atom stereocenters.